The summed E-state index contributed by atoms with van der Waals surface area (Å²) in [6.07, 6.45) is 1.73. The molecule has 8 nitrogen and oxygen atoms in total. The van der Waals surface area contributed by atoms with Gasteiger partial charge in [-0.3, -0.25) is 14.5 Å². The van der Waals surface area contributed by atoms with Crippen molar-refractivity contribution in [1.29, 1.82) is 0 Å². The number of aryl methyl sites for hydroxylation is 1. The highest BCUT2D eigenvalue weighted by molar-refractivity contribution is 5.78. The van der Waals surface area contributed by atoms with E-state index in [4.69, 9.17) is 0 Å². The second-order valence-electron chi connectivity index (χ2n) is 6.97. The van der Waals surface area contributed by atoms with Crippen LogP contribution in [0.2, 0.25) is 0 Å². The number of nitrogens with zero attached hydrogens (tertiary/aromatic N) is 5. The number of rotatable bonds is 6. The van der Waals surface area contributed by atoms with Crippen LogP contribution in [0, 0.1) is 6.92 Å². The molecule has 0 unspecified atom stereocenters. The second kappa shape index (κ2) is 8.97. The summed E-state index contributed by atoms with van der Waals surface area (Å²) < 4.78 is 0. The summed E-state index contributed by atoms with van der Waals surface area (Å²) in [7, 11) is 0. The average molecular weight is 384 g/mol. The Kier molecular flexibility index (Phi) is 6.41. The molecule has 8 heteroatoms. The highest BCUT2D eigenvalue weighted by Gasteiger charge is 2.22. The molecular formula is C20H28N6O2. The number of amides is 1. The number of aromatic nitrogens is 3. The predicted octanol–water partition coefficient (Wildman–Crippen LogP) is 1.13. The smallest absolute Gasteiger partial charge is 0.251 e. The summed E-state index contributed by atoms with van der Waals surface area (Å²) in [5, 5.41) is 0. The zero-order chi connectivity index (χ0) is 20.1. The molecule has 28 heavy (non-hydrogen) atoms. The fraction of sp³-hybridized carbons (Fsp3) is 0.500. The number of carbonyl (C=O) groups is 1. The minimum Gasteiger partial charge on any atom is -0.353 e. The molecule has 1 aliphatic heterocycles. The molecule has 150 valence electrons. The Bertz CT molecular complexity index is 852. The summed E-state index contributed by atoms with van der Waals surface area (Å²) in [5.41, 5.74) is 1.28. The highest BCUT2D eigenvalue weighted by atomic mass is 16.2. The number of anilines is 1. The van der Waals surface area contributed by atoms with E-state index in [1.54, 1.807) is 13.1 Å². The van der Waals surface area contributed by atoms with Crippen LogP contribution in [-0.2, 0) is 4.79 Å². The minimum atomic E-state index is -0.169. The fourth-order valence-corrected chi connectivity index (χ4v) is 3.35. The van der Waals surface area contributed by atoms with E-state index in [-0.39, 0.29) is 11.5 Å². The van der Waals surface area contributed by atoms with Crippen molar-refractivity contribution >= 4 is 11.7 Å². The van der Waals surface area contributed by atoms with Crippen LogP contribution < -0.4 is 10.5 Å². The van der Waals surface area contributed by atoms with Crippen LogP contribution >= 0.6 is 0 Å². The van der Waals surface area contributed by atoms with Gasteiger partial charge in [0.1, 0.15) is 11.6 Å². The molecule has 1 fully saturated rings. The van der Waals surface area contributed by atoms with Gasteiger partial charge >= 0.3 is 0 Å². The topological polar surface area (TPSA) is 85.4 Å². The number of hydrogen-bond donors (Lipinski definition) is 1. The van der Waals surface area contributed by atoms with Gasteiger partial charge in [-0.1, -0.05) is 13.8 Å². The number of pyridine rings is 1. The monoisotopic (exact) mass is 384 g/mol. The predicted molar refractivity (Wildman–Crippen MR) is 109 cm³/mol. The van der Waals surface area contributed by atoms with Crippen molar-refractivity contribution in [1.82, 2.24) is 24.8 Å². The van der Waals surface area contributed by atoms with Gasteiger partial charge in [0.05, 0.1) is 6.54 Å². The van der Waals surface area contributed by atoms with Crippen molar-refractivity contribution in [3.63, 3.8) is 0 Å². The largest absolute Gasteiger partial charge is 0.353 e. The van der Waals surface area contributed by atoms with Gasteiger partial charge in [-0.2, -0.15) is 0 Å². The molecule has 0 spiro atoms. The molecule has 3 rings (SSSR count). The summed E-state index contributed by atoms with van der Waals surface area (Å²) in [6.45, 7) is 11.1. The molecule has 3 heterocycles. The van der Waals surface area contributed by atoms with Gasteiger partial charge in [0.2, 0.25) is 5.91 Å². The number of nitrogens with one attached hydrogen (secondary N) is 1. The van der Waals surface area contributed by atoms with Crippen LogP contribution in [0.15, 0.2) is 29.2 Å². The summed E-state index contributed by atoms with van der Waals surface area (Å²) in [4.78, 5) is 42.0. The van der Waals surface area contributed by atoms with Crippen LogP contribution in [0.5, 0.6) is 0 Å². The standard InChI is InChI=1S/C20H28N6O2/c1-4-24(5-2)14-19(28)26-10-8-25(9-11-26)17-7-6-16(13-21-17)20-22-15(3)12-18(27)23-20/h6-7,12-13H,4-5,8-11,14H2,1-3H3,(H,22,23,27). The van der Waals surface area contributed by atoms with Crippen molar-refractivity contribution < 1.29 is 4.79 Å². The summed E-state index contributed by atoms with van der Waals surface area (Å²) in [6, 6.07) is 5.31. The highest BCUT2D eigenvalue weighted by Crippen LogP contribution is 2.18. The molecule has 2 aromatic rings. The molecular weight excluding hydrogens is 356 g/mol. The number of piperazine rings is 1. The number of H-pyrrole nitrogens is 1. The molecule has 0 aromatic carbocycles. The van der Waals surface area contributed by atoms with Gasteiger partial charge in [-0.25, -0.2) is 9.97 Å². The van der Waals surface area contributed by atoms with Gasteiger partial charge in [0, 0.05) is 49.7 Å². The van der Waals surface area contributed by atoms with E-state index in [1.807, 2.05) is 17.0 Å². The molecule has 0 bridgehead atoms. The molecule has 0 saturated carbocycles. The van der Waals surface area contributed by atoms with Crippen LogP contribution in [-0.4, -0.2) is 76.5 Å². The summed E-state index contributed by atoms with van der Waals surface area (Å²) >= 11 is 0. The molecule has 0 radical (unpaired) electrons. The zero-order valence-corrected chi connectivity index (χ0v) is 16.8. The third-order valence-electron chi connectivity index (χ3n) is 5.10. The number of aromatic amines is 1. The van der Waals surface area contributed by atoms with E-state index >= 15 is 0 Å². The molecule has 2 aromatic heterocycles. The lowest BCUT2D eigenvalue weighted by Gasteiger charge is -2.36. The maximum Gasteiger partial charge on any atom is 0.251 e. The molecule has 1 N–H and O–H groups in total. The quantitative estimate of drug-likeness (QED) is 0.804. The van der Waals surface area contributed by atoms with E-state index in [0.717, 1.165) is 37.6 Å². The van der Waals surface area contributed by atoms with E-state index in [2.05, 4.69) is 38.6 Å². The minimum absolute atomic E-state index is 0.169. The van der Waals surface area contributed by atoms with Crippen molar-refractivity contribution in [2.24, 2.45) is 0 Å². The van der Waals surface area contributed by atoms with Crippen molar-refractivity contribution in [3.8, 4) is 11.4 Å². The van der Waals surface area contributed by atoms with Crippen LogP contribution in [0.3, 0.4) is 0 Å². The number of hydrogen-bond acceptors (Lipinski definition) is 6. The lowest BCUT2D eigenvalue weighted by Crippen LogP contribution is -2.51. The van der Waals surface area contributed by atoms with Crippen molar-refractivity contribution in [3.05, 3.63) is 40.4 Å². The Morgan fingerprint density at radius 2 is 1.89 bits per heavy atom. The Morgan fingerprint density at radius 3 is 2.46 bits per heavy atom. The lowest BCUT2D eigenvalue weighted by molar-refractivity contribution is -0.132. The van der Waals surface area contributed by atoms with Gasteiger partial charge < -0.3 is 14.8 Å². The molecule has 0 aliphatic carbocycles. The third kappa shape index (κ3) is 4.75. The first-order chi connectivity index (χ1) is 13.5. The normalized spacial score (nSPS) is 14.6. The maximum absolute atomic E-state index is 12.4. The van der Waals surface area contributed by atoms with Gasteiger partial charge in [-0.05, 0) is 32.1 Å². The second-order valence-corrected chi connectivity index (χ2v) is 6.97. The lowest BCUT2D eigenvalue weighted by atomic mass is 10.2. The molecule has 1 saturated heterocycles. The maximum atomic E-state index is 12.4. The fourth-order valence-electron chi connectivity index (χ4n) is 3.35. The number of carbonyl (C=O) groups excluding carboxylic acids is 1. The first-order valence-electron chi connectivity index (χ1n) is 9.79. The summed E-state index contributed by atoms with van der Waals surface area (Å²) in [5.74, 6) is 1.59. The molecule has 0 atom stereocenters. The van der Waals surface area contributed by atoms with Crippen LogP contribution in [0.4, 0.5) is 5.82 Å². The van der Waals surface area contributed by atoms with Gasteiger partial charge in [0.15, 0.2) is 0 Å². The van der Waals surface area contributed by atoms with Crippen molar-refractivity contribution in [2.45, 2.75) is 20.8 Å². The van der Waals surface area contributed by atoms with Gasteiger partial charge in [-0.15, -0.1) is 0 Å². The van der Waals surface area contributed by atoms with E-state index in [1.165, 1.54) is 6.07 Å². The Hall–Kier alpha value is -2.74. The van der Waals surface area contributed by atoms with Gasteiger partial charge in [0.25, 0.3) is 5.56 Å². The van der Waals surface area contributed by atoms with E-state index < -0.39 is 0 Å². The Labute approximate surface area is 165 Å². The van der Waals surface area contributed by atoms with Crippen LogP contribution in [0.25, 0.3) is 11.4 Å². The van der Waals surface area contributed by atoms with E-state index in [0.29, 0.717) is 31.2 Å². The SMILES string of the molecule is CCN(CC)CC(=O)N1CCN(c2ccc(-c3nc(C)cc(=O)[nH]3)cn2)CC1. The first kappa shape index (κ1) is 20.0. The number of likely N-dealkylation sites (N-methyl/N-ethyl adjacent to an activating group) is 1. The van der Waals surface area contributed by atoms with Crippen molar-refractivity contribution in [2.75, 3.05) is 50.7 Å². The Balaban J connectivity index is 1.60. The van der Waals surface area contributed by atoms with Crippen LogP contribution in [0.1, 0.15) is 19.5 Å². The average Bonchev–Trinajstić information content (AvgIpc) is 2.71. The zero-order valence-electron chi connectivity index (χ0n) is 16.8. The Morgan fingerprint density at radius 1 is 1.18 bits per heavy atom. The first-order valence-corrected chi connectivity index (χ1v) is 9.79. The third-order valence-corrected chi connectivity index (χ3v) is 5.10. The van der Waals surface area contributed by atoms with E-state index in [9.17, 15) is 9.59 Å². The molecule has 1 aliphatic rings. The molecule has 1 amide bonds.